The van der Waals surface area contributed by atoms with Gasteiger partial charge in [-0.3, -0.25) is 0 Å². The topological polar surface area (TPSA) is 49.9 Å². The van der Waals surface area contributed by atoms with Gasteiger partial charge >= 0.3 is 0 Å². The highest BCUT2D eigenvalue weighted by molar-refractivity contribution is 9.10. The molecule has 2 rings (SSSR count). The lowest BCUT2D eigenvalue weighted by Crippen LogP contribution is -2.40. The number of rotatable bonds is 13. The predicted octanol–water partition coefficient (Wildman–Crippen LogP) is 5.08. The maximum atomic E-state index is 12.9. The van der Waals surface area contributed by atoms with Gasteiger partial charge in [0.1, 0.15) is 0 Å². The molecule has 1 aromatic carbocycles. The standard InChI is InChI=1S/C23H37BrN2O3S/c1-4-16-25(2)17-7-5-6-8-18-29-22-14-12-21(13-15-22)26(3)30(27,28)23-11-9-10-20(24)19-23/h4,9-11,19,21-22H,1,5-8,12-18H2,2-3H3/t21-,22-. The van der Waals surface area contributed by atoms with Crippen LogP contribution >= 0.6 is 15.9 Å². The van der Waals surface area contributed by atoms with E-state index in [1.807, 2.05) is 12.1 Å². The molecular formula is C23H37BrN2O3S. The maximum Gasteiger partial charge on any atom is 0.243 e. The van der Waals surface area contributed by atoms with E-state index in [-0.39, 0.29) is 12.1 Å². The van der Waals surface area contributed by atoms with E-state index in [1.165, 1.54) is 19.3 Å². The molecule has 30 heavy (non-hydrogen) atoms. The van der Waals surface area contributed by atoms with E-state index in [2.05, 4.69) is 34.5 Å². The van der Waals surface area contributed by atoms with Crippen LogP contribution in [-0.2, 0) is 14.8 Å². The summed E-state index contributed by atoms with van der Waals surface area (Å²) in [5.41, 5.74) is 0. The third-order valence-corrected chi connectivity index (χ3v) is 8.26. The zero-order valence-corrected chi connectivity index (χ0v) is 20.8. The number of halogens is 1. The van der Waals surface area contributed by atoms with Gasteiger partial charge in [-0.15, -0.1) is 6.58 Å². The molecule has 0 unspecified atom stereocenters. The van der Waals surface area contributed by atoms with Gasteiger partial charge in [0.15, 0.2) is 0 Å². The molecule has 0 atom stereocenters. The van der Waals surface area contributed by atoms with Crippen LogP contribution in [0.5, 0.6) is 0 Å². The zero-order valence-electron chi connectivity index (χ0n) is 18.4. The van der Waals surface area contributed by atoms with Crippen molar-refractivity contribution in [2.75, 3.05) is 33.8 Å². The van der Waals surface area contributed by atoms with Crippen molar-refractivity contribution in [3.05, 3.63) is 41.4 Å². The summed E-state index contributed by atoms with van der Waals surface area (Å²) in [4.78, 5) is 2.63. The summed E-state index contributed by atoms with van der Waals surface area (Å²) < 4.78 is 34.2. The van der Waals surface area contributed by atoms with Gasteiger partial charge in [-0.2, -0.15) is 4.31 Å². The smallest absolute Gasteiger partial charge is 0.243 e. The molecule has 0 saturated heterocycles. The van der Waals surface area contributed by atoms with Crippen molar-refractivity contribution in [1.82, 2.24) is 9.21 Å². The summed E-state index contributed by atoms with van der Waals surface area (Å²) >= 11 is 3.36. The van der Waals surface area contributed by atoms with Crippen molar-refractivity contribution in [3.63, 3.8) is 0 Å². The largest absolute Gasteiger partial charge is 0.378 e. The third kappa shape index (κ3) is 8.08. The average molecular weight is 502 g/mol. The van der Waals surface area contributed by atoms with Gasteiger partial charge in [-0.05, 0) is 70.3 Å². The Morgan fingerprint density at radius 2 is 1.83 bits per heavy atom. The first-order valence-electron chi connectivity index (χ1n) is 11.0. The second kappa shape index (κ2) is 13.0. The van der Waals surface area contributed by atoms with E-state index >= 15 is 0 Å². The molecule has 0 aliphatic heterocycles. The van der Waals surface area contributed by atoms with Crippen LogP contribution < -0.4 is 0 Å². The average Bonchev–Trinajstić information content (AvgIpc) is 2.73. The number of ether oxygens (including phenoxy) is 1. The van der Waals surface area contributed by atoms with E-state index in [4.69, 9.17) is 4.74 Å². The van der Waals surface area contributed by atoms with Gasteiger partial charge < -0.3 is 9.64 Å². The van der Waals surface area contributed by atoms with E-state index in [1.54, 1.807) is 29.6 Å². The zero-order chi connectivity index (χ0) is 22.0. The number of hydrogen-bond acceptors (Lipinski definition) is 4. The lowest BCUT2D eigenvalue weighted by molar-refractivity contribution is 0.0156. The first-order valence-corrected chi connectivity index (χ1v) is 13.2. The van der Waals surface area contributed by atoms with Crippen molar-refractivity contribution in [1.29, 1.82) is 0 Å². The Morgan fingerprint density at radius 1 is 1.13 bits per heavy atom. The second-order valence-corrected chi connectivity index (χ2v) is 11.2. The van der Waals surface area contributed by atoms with Gasteiger partial charge in [-0.1, -0.05) is 40.9 Å². The summed E-state index contributed by atoms with van der Waals surface area (Å²) in [6.07, 6.45) is 10.5. The van der Waals surface area contributed by atoms with Crippen LogP contribution in [0.25, 0.3) is 0 Å². The molecule has 7 heteroatoms. The number of nitrogens with zero attached hydrogens (tertiary/aromatic N) is 2. The van der Waals surface area contributed by atoms with Crippen molar-refractivity contribution >= 4 is 26.0 Å². The van der Waals surface area contributed by atoms with Crippen molar-refractivity contribution in [2.24, 2.45) is 0 Å². The Balaban J connectivity index is 1.64. The molecule has 0 aromatic heterocycles. The Morgan fingerprint density at radius 3 is 2.50 bits per heavy atom. The fourth-order valence-corrected chi connectivity index (χ4v) is 5.98. The minimum Gasteiger partial charge on any atom is -0.378 e. The molecule has 5 nitrogen and oxygen atoms in total. The quantitative estimate of drug-likeness (QED) is 0.280. The number of sulfonamides is 1. The van der Waals surface area contributed by atoms with Crippen LogP contribution in [0, 0.1) is 0 Å². The Labute approximate surface area is 191 Å². The van der Waals surface area contributed by atoms with Crippen molar-refractivity contribution < 1.29 is 13.2 Å². The number of hydrogen-bond donors (Lipinski definition) is 0. The SMILES string of the molecule is C=CCN(C)CCCCCCO[C@H]1CC[C@H](N(C)S(=O)(=O)c2cccc(Br)c2)CC1. The Kier molecular flexibility index (Phi) is 11.0. The van der Waals surface area contributed by atoms with Crippen LogP contribution in [0.15, 0.2) is 46.3 Å². The molecule has 0 spiro atoms. The molecule has 0 amide bonds. The van der Waals surface area contributed by atoms with Crippen LogP contribution in [0.2, 0.25) is 0 Å². The van der Waals surface area contributed by atoms with Crippen molar-refractivity contribution in [2.45, 2.75) is 68.4 Å². The molecule has 0 N–H and O–H groups in total. The van der Waals surface area contributed by atoms with Gasteiger partial charge in [0.25, 0.3) is 0 Å². The van der Waals surface area contributed by atoms with E-state index in [0.29, 0.717) is 4.90 Å². The fraction of sp³-hybridized carbons (Fsp3) is 0.652. The van der Waals surface area contributed by atoms with Crippen LogP contribution in [0.3, 0.4) is 0 Å². The molecule has 1 aliphatic rings. The molecule has 1 aromatic rings. The van der Waals surface area contributed by atoms with Gasteiger partial charge in [0.05, 0.1) is 11.0 Å². The Hall–Kier alpha value is -0.730. The van der Waals surface area contributed by atoms with Crippen molar-refractivity contribution in [3.8, 4) is 0 Å². The maximum absolute atomic E-state index is 12.9. The molecule has 0 radical (unpaired) electrons. The van der Waals surface area contributed by atoms with Crippen LogP contribution in [0.4, 0.5) is 0 Å². The summed E-state index contributed by atoms with van der Waals surface area (Å²) in [6.45, 7) is 6.64. The minimum atomic E-state index is -3.46. The summed E-state index contributed by atoms with van der Waals surface area (Å²) in [5.74, 6) is 0. The van der Waals surface area contributed by atoms with E-state index < -0.39 is 10.0 Å². The summed E-state index contributed by atoms with van der Waals surface area (Å²) in [6, 6.07) is 6.96. The van der Waals surface area contributed by atoms with E-state index in [0.717, 1.165) is 56.3 Å². The Bertz CT molecular complexity index is 749. The molecule has 0 heterocycles. The first kappa shape index (κ1) is 25.5. The van der Waals surface area contributed by atoms with Crippen LogP contribution in [-0.4, -0.2) is 63.6 Å². The normalized spacial score (nSPS) is 20.0. The molecule has 170 valence electrons. The second-order valence-electron chi connectivity index (χ2n) is 8.25. The van der Waals surface area contributed by atoms with Gasteiger partial charge in [-0.25, -0.2) is 8.42 Å². The highest BCUT2D eigenvalue weighted by Crippen LogP contribution is 2.29. The summed E-state index contributed by atoms with van der Waals surface area (Å²) in [5, 5.41) is 0. The molecule has 1 fully saturated rings. The molecule has 1 aliphatic carbocycles. The molecule has 0 bridgehead atoms. The molecule has 1 saturated carbocycles. The number of unbranched alkanes of at least 4 members (excludes halogenated alkanes) is 3. The predicted molar refractivity (Wildman–Crippen MR) is 127 cm³/mol. The lowest BCUT2D eigenvalue weighted by Gasteiger charge is -2.34. The number of benzene rings is 1. The third-order valence-electron chi connectivity index (χ3n) is 5.86. The highest BCUT2D eigenvalue weighted by Gasteiger charge is 2.31. The highest BCUT2D eigenvalue weighted by atomic mass is 79.9. The van der Waals surface area contributed by atoms with Gasteiger partial charge in [0, 0.05) is 30.7 Å². The van der Waals surface area contributed by atoms with Crippen LogP contribution in [0.1, 0.15) is 51.4 Å². The lowest BCUT2D eigenvalue weighted by atomic mass is 9.93. The first-order chi connectivity index (χ1) is 14.3. The number of likely N-dealkylation sites (N-methyl/N-ethyl adjacent to an activating group) is 1. The van der Waals surface area contributed by atoms with E-state index in [9.17, 15) is 8.42 Å². The minimum absolute atomic E-state index is 0.0430. The summed E-state index contributed by atoms with van der Waals surface area (Å²) in [7, 11) is 0.366. The monoisotopic (exact) mass is 500 g/mol. The molecular weight excluding hydrogens is 464 g/mol. The van der Waals surface area contributed by atoms with Gasteiger partial charge in [0.2, 0.25) is 10.0 Å². The fourth-order valence-electron chi connectivity index (χ4n) is 3.96.